The number of furan rings is 1. The van der Waals surface area contributed by atoms with Crippen molar-refractivity contribution in [2.24, 2.45) is 0 Å². The monoisotopic (exact) mass is 473 g/mol. The highest BCUT2D eigenvalue weighted by molar-refractivity contribution is 5.68. The van der Waals surface area contributed by atoms with E-state index >= 15 is 0 Å². The third-order valence-corrected chi connectivity index (χ3v) is 6.21. The molecule has 0 spiro atoms. The zero-order valence-electron chi connectivity index (χ0n) is 18.8. The van der Waals surface area contributed by atoms with E-state index in [1.807, 2.05) is 24.3 Å². The summed E-state index contributed by atoms with van der Waals surface area (Å²) in [7, 11) is 0. The minimum Gasteiger partial charge on any atom is -0.482 e. The molecule has 0 fully saturated rings. The Morgan fingerprint density at radius 2 is 1.91 bits per heavy atom. The summed E-state index contributed by atoms with van der Waals surface area (Å²) in [5, 5.41) is 8.81. The van der Waals surface area contributed by atoms with E-state index < -0.39 is 17.7 Å². The molecule has 2 aliphatic rings. The molecule has 0 saturated heterocycles. The largest absolute Gasteiger partial charge is 0.482 e. The fraction of sp³-hybridized carbons (Fsp3) is 0.346. The van der Waals surface area contributed by atoms with E-state index in [1.165, 1.54) is 17.7 Å². The molecule has 180 valence electrons. The molecule has 5 nitrogen and oxygen atoms in total. The van der Waals surface area contributed by atoms with E-state index in [-0.39, 0.29) is 12.6 Å². The number of fused-ring (bicyclic) bond motifs is 1. The Kier molecular flexibility index (Phi) is 6.97. The maximum Gasteiger partial charge on any atom is 0.416 e. The van der Waals surface area contributed by atoms with Crippen molar-refractivity contribution in [2.45, 2.75) is 38.4 Å². The molecule has 0 saturated carbocycles. The van der Waals surface area contributed by atoms with Crippen molar-refractivity contribution in [3.8, 4) is 5.75 Å². The number of allylic oxidation sites excluding steroid dienone is 6. The fourth-order valence-corrected chi connectivity index (χ4v) is 4.27. The van der Waals surface area contributed by atoms with Crippen molar-refractivity contribution in [1.82, 2.24) is 4.90 Å². The molecule has 4 rings (SSSR count). The van der Waals surface area contributed by atoms with Crippen molar-refractivity contribution >= 4 is 11.5 Å². The van der Waals surface area contributed by atoms with Gasteiger partial charge in [-0.05, 0) is 73.2 Å². The molecule has 1 aromatic carbocycles. The van der Waals surface area contributed by atoms with Crippen LogP contribution in [0.3, 0.4) is 0 Å². The summed E-state index contributed by atoms with van der Waals surface area (Å²) in [4.78, 5) is 13.1. The van der Waals surface area contributed by atoms with Crippen LogP contribution in [0.2, 0.25) is 0 Å². The lowest BCUT2D eigenvalue weighted by Crippen LogP contribution is -2.29. The molecule has 1 atom stereocenters. The first-order chi connectivity index (χ1) is 16.2. The molecular weight excluding hydrogens is 447 g/mol. The highest BCUT2D eigenvalue weighted by atomic mass is 19.4. The lowest BCUT2D eigenvalue weighted by molar-refractivity contribution is -0.139. The van der Waals surface area contributed by atoms with E-state index in [0.717, 1.165) is 49.4 Å². The molecule has 2 aromatic rings. The minimum absolute atomic E-state index is 0.00556. The van der Waals surface area contributed by atoms with Crippen LogP contribution >= 0.6 is 0 Å². The average molecular weight is 473 g/mol. The summed E-state index contributed by atoms with van der Waals surface area (Å²) in [6, 6.07) is 9.39. The van der Waals surface area contributed by atoms with Gasteiger partial charge in [0.2, 0.25) is 0 Å². The van der Waals surface area contributed by atoms with E-state index in [0.29, 0.717) is 23.5 Å². The van der Waals surface area contributed by atoms with Gasteiger partial charge in [-0.1, -0.05) is 24.3 Å². The van der Waals surface area contributed by atoms with E-state index in [9.17, 15) is 18.0 Å². The van der Waals surface area contributed by atoms with Gasteiger partial charge in [0.25, 0.3) is 0 Å². The number of rotatable bonds is 6. The molecular formula is C26H26F3NO4. The molecule has 1 aliphatic carbocycles. The number of nitrogens with zero attached hydrogens (tertiary/aromatic N) is 1. The van der Waals surface area contributed by atoms with Gasteiger partial charge in [-0.25, -0.2) is 4.79 Å². The lowest BCUT2D eigenvalue weighted by Gasteiger charge is -2.26. The molecule has 0 amide bonds. The average Bonchev–Trinajstić information content (AvgIpc) is 3.01. The summed E-state index contributed by atoms with van der Waals surface area (Å²) < 4.78 is 50.3. The van der Waals surface area contributed by atoms with Crippen molar-refractivity contribution in [1.29, 1.82) is 0 Å². The van der Waals surface area contributed by atoms with Crippen molar-refractivity contribution in [2.75, 3.05) is 19.7 Å². The first kappa shape index (κ1) is 23.9. The third-order valence-electron chi connectivity index (χ3n) is 6.21. The Morgan fingerprint density at radius 3 is 2.65 bits per heavy atom. The number of carboxylic acids is 1. The van der Waals surface area contributed by atoms with Crippen LogP contribution in [0.25, 0.3) is 5.57 Å². The highest BCUT2D eigenvalue weighted by Gasteiger charge is 2.31. The smallest absolute Gasteiger partial charge is 0.416 e. The zero-order chi connectivity index (χ0) is 24.3. The SMILES string of the molecule is CC(c1ccc(C2=CC=C(C(F)(F)F)C=CC2)o1)N1CCc2ccc(OCC(=O)O)cc2CC1. The van der Waals surface area contributed by atoms with Crippen molar-refractivity contribution in [3.63, 3.8) is 0 Å². The quantitative estimate of drug-likeness (QED) is 0.580. The number of hydrogen-bond acceptors (Lipinski definition) is 4. The Hall–Kier alpha value is -3.26. The van der Waals surface area contributed by atoms with Gasteiger partial charge in [-0.3, -0.25) is 4.90 Å². The lowest BCUT2D eigenvalue weighted by atomic mass is 10.0. The van der Waals surface area contributed by atoms with Crippen molar-refractivity contribution < 1.29 is 32.2 Å². The zero-order valence-corrected chi connectivity index (χ0v) is 18.8. The van der Waals surface area contributed by atoms with Gasteiger partial charge in [0.05, 0.1) is 11.6 Å². The van der Waals surface area contributed by atoms with Gasteiger partial charge in [-0.2, -0.15) is 13.2 Å². The maximum absolute atomic E-state index is 13.0. The number of hydrogen-bond donors (Lipinski definition) is 1. The van der Waals surface area contributed by atoms with Gasteiger partial charge in [0.1, 0.15) is 17.3 Å². The van der Waals surface area contributed by atoms with Gasteiger partial charge in [0.15, 0.2) is 6.61 Å². The number of halogens is 3. The Balaban J connectivity index is 1.43. The maximum atomic E-state index is 13.0. The molecule has 0 bridgehead atoms. The number of alkyl halides is 3. The molecule has 1 aliphatic heterocycles. The van der Waals surface area contributed by atoms with Crippen LogP contribution in [-0.4, -0.2) is 41.8 Å². The fourth-order valence-electron chi connectivity index (χ4n) is 4.27. The summed E-state index contributed by atoms with van der Waals surface area (Å²) in [6.07, 6.45) is 2.79. The standard InChI is InChI=1S/C26H26F3NO4/c1-17(23-9-10-24(34-23)19-3-2-4-21(7-5-19)26(27,28)29)30-13-11-18-6-8-22(33-16-25(31)32)15-20(18)12-14-30/h2,4-10,15,17H,3,11-14,16H2,1H3,(H,31,32). The van der Waals surface area contributed by atoms with Crippen LogP contribution in [0.5, 0.6) is 5.75 Å². The van der Waals surface area contributed by atoms with Crippen LogP contribution < -0.4 is 4.74 Å². The van der Waals surface area contributed by atoms with Crippen LogP contribution in [0.1, 0.15) is 42.0 Å². The van der Waals surface area contributed by atoms with Gasteiger partial charge in [0, 0.05) is 13.1 Å². The van der Waals surface area contributed by atoms with Gasteiger partial charge in [-0.15, -0.1) is 0 Å². The number of carboxylic acid groups (broad SMARTS) is 1. The van der Waals surface area contributed by atoms with Crippen LogP contribution in [-0.2, 0) is 17.6 Å². The summed E-state index contributed by atoms with van der Waals surface area (Å²) in [5.74, 6) is 0.872. The first-order valence-electron chi connectivity index (χ1n) is 11.2. The van der Waals surface area contributed by atoms with Crippen molar-refractivity contribution in [3.05, 3.63) is 82.9 Å². The number of benzene rings is 1. The molecule has 8 heteroatoms. The first-order valence-corrected chi connectivity index (χ1v) is 11.2. The normalized spacial score (nSPS) is 17.8. The second-order valence-corrected chi connectivity index (χ2v) is 8.45. The minimum atomic E-state index is -4.38. The third kappa shape index (κ3) is 5.62. The van der Waals surface area contributed by atoms with Crippen LogP contribution in [0.15, 0.2) is 64.6 Å². The summed E-state index contributed by atoms with van der Waals surface area (Å²) in [6.45, 7) is 3.30. The Bertz CT molecular complexity index is 1140. The predicted molar refractivity (Wildman–Crippen MR) is 122 cm³/mol. The van der Waals surface area contributed by atoms with E-state index in [1.54, 1.807) is 6.07 Å². The Labute approximate surface area is 195 Å². The van der Waals surface area contributed by atoms with E-state index in [2.05, 4.69) is 11.8 Å². The molecule has 1 aromatic heterocycles. The molecule has 34 heavy (non-hydrogen) atoms. The second kappa shape index (κ2) is 9.93. The topological polar surface area (TPSA) is 62.9 Å². The highest BCUT2D eigenvalue weighted by Crippen LogP contribution is 2.33. The number of aliphatic carboxylic acids is 1. The Morgan fingerprint density at radius 1 is 1.15 bits per heavy atom. The molecule has 1 unspecified atom stereocenters. The van der Waals surface area contributed by atoms with Crippen LogP contribution in [0.4, 0.5) is 13.2 Å². The number of carbonyl (C=O) groups is 1. The van der Waals surface area contributed by atoms with Crippen LogP contribution in [0, 0.1) is 0 Å². The predicted octanol–water partition coefficient (Wildman–Crippen LogP) is 5.74. The molecule has 1 N–H and O–H groups in total. The van der Waals surface area contributed by atoms with E-state index in [4.69, 9.17) is 14.3 Å². The molecule has 2 heterocycles. The number of ether oxygens (including phenoxy) is 1. The second-order valence-electron chi connectivity index (χ2n) is 8.45. The summed E-state index contributed by atoms with van der Waals surface area (Å²) in [5.41, 5.74) is 2.37. The molecule has 0 radical (unpaired) electrons. The summed E-state index contributed by atoms with van der Waals surface area (Å²) >= 11 is 0. The van der Waals surface area contributed by atoms with Gasteiger partial charge >= 0.3 is 12.1 Å². The van der Waals surface area contributed by atoms with Gasteiger partial charge < -0.3 is 14.3 Å².